The normalized spacial score (nSPS) is 12.5. The smallest absolute Gasteiger partial charge is 0.222 e. The van der Waals surface area contributed by atoms with E-state index in [1.807, 2.05) is 25.1 Å². The molecule has 3 heteroatoms. The number of hydrogen-bond acceptors (Lipinski definition) is 2. The van der Waals surface area contributed by atoms with E-state index in [9.17, 15) is 4.79 Å². The van der Waals surface area contributed by atoms with Gasteiger partial charge in [0.05, 0.1) is 5.92 Å². The van der Waals surface area contributed by atoms with Crippen molar-refractivity contribution in [2.75, 3.05) is 11.9 Å². The van der Waals surface area contributed by atoms with E-state index in [0.29, 0.717) is 12.5 Å². The lowest BCUT2D eigenvalue weighted by atomic mass is 10.0. The average molecular weight is 220 g/mol. The van der Waals surface area contributed by atoms with Crippen molar-refractivity contribution in [3.05, 3.63) is 29.8 Å². The number of rotatable bonds is 5. The summed E-state index contributed by atoms with van der Waals surface area (Å²) in [7, 11) is 0. The minimum absolute atomic E-state index is 0.153. The Labute approximate surface area is 97.0 Å². The van der Waals surface area contributed by atoms with Crippen LogP contribution in [0.15, 0.2) is 24.3 Å². The third-order valence-corrected chi connectivity index (χ3v) is 2.67. The van der Waals surface area contributed by atoms with Crippen LogP contribution in [0.5, 0.6) is 0 Å². The van der Waals surface area contributed by atoms with Crippen LogP contribution in [0.2, 0.25) is 0 Å². The molecular weight excluding hydrogens is 200 g/mol. The van der Waals surface area contributed by atoms with Gasteiger partial charge in [-0.3, -0.25) is 4.79 Å². The molecule has 1 aromatic carbocycles. The number of amides is 1. The zero-order valence-electron chi connectivity index (χ0n) is 10.2. The Hall–Kier alpha value is -1.51. The van der Waals surface area contributed by atoms with E-state index in [1.165, 1.54) is 5.56 Å². The molecule has 0 saturated heterocycles. The molecule has 1 unspecified atom stereocenters. The Morgan fingerprint density at radius 2 is 1.94 bits per heavy atom. The lowest BCUT2D eigenvalue weighted by Crippen LogP contribution is -2.27. The van der Waals surface area contributed by atoms with Crippen LogP contribution in [0, 0.1) is 5.92 Å². The van der Waals surface area contributed by atoms with Crippen molar-refractivity contribution >= 4 is 11.6 Å². The van der Waals surface area contributed by atoms with Crippen LogP contribution in [-0.2, 0) is 4.79 Å². The van der Waals surface area contributed by atoms with E-state index in [-0.39, 0.29) is 11.8 Å². The molecule has 1 atom stereocenters. The van der Waals surface area contributed by atoms with E-state index in [1.54, 1.807) is 0 Å². The zero-order chi connectivity index (χ0) is 12.1. The largest absolute Gasteiger partial charge is 0.384 e. The second kappa shape index (κ2) is 5.54. The topological polar surface area (TPSA) is 55.1 Å². The lowest BCUT2D eigenvalue weighted by Gasteiger charge is -2.16. The van der Waals surface area contributed by atoms with Crippen molar-refractivity contribution in [1.29, 1.82) is 0 Å². The molecule has 0 heterocycles. The van der Waals surface area contributed by atoms with Crippen molar-refractivity contribution in [2.45, 2.75) is 26.7 Å². The lowest BCUT2D eigenvalue weighted by molar-refractivity contribution is -0.120. The van der Waals surface area contributed by atoms with Crippen LogP contribution in [0.1, 0.15) is 32.3 Å². The quantitative estimate of drug-likeness (QED) is 0.800. The van der Waals surface area contributed by atoms with Gasteiger partial charge in [0.1, 0.15) is 0 Å². The van der Waals surface area contributed by atoms with Crippen molar-refractivity contribution in [3.63, 3.8) is 0 Å². The maximum Gasteiger partial charge on any atom is 0.222 e. The molecule has 0 spiro atoms. The molecule has 3 nitrogen and oxygen atoms in total. The van der Waals surface area contributed by atoms with E-state index in [2.05, 4.69) is 25.2 Å². The Morgan fingerprint density at radius 1 is 1.31 bits per heavy atom. The summed E-state index contributed by atoms with van der Waals surface area (Å²) in [6, 6.07) is 8.14. The Kier molecular flexibility index (Phi) is 4.35. The van der Waals surface area contributed by atoms with E-state index in [0.717, 1.165) is 5.69 Å². The SMILES string of the molecule is CC(CNc1ccccc1C(C)C)C(N)=O. The van der Waals surface area contributed by atoms with Crippen LogP contribution in [0.25, 0.3) is 0 Å². The number of nitrogens with two attached hydrogens (primary N) is 1. The molecule has 1 amide bonds. The fourth-order valence-corrected chi connectivity index (χ4v) is 1.53. The van der Waals surface area contributed by atoms with Gasteiger partial charge in [-0.2, -0.15) is 0 Å². The molecule has 0 aliphatic heterocycles. The minimum atomic E-state index is -0.269. The standard InChI is InChI=1S/C13H20N2O/c1-9(2)11-6-4-5-7-12(11)15-8-10(3)13(14)16/h4-7,9-10,15H,8H2,1-3H3,(H2,14,16). The highest BCUT2D eigenvalue weighted by Gasteiger charge is 2.10. The second-order valence-electron chi connectivity index (χ2n) is 4.43. The number of hydrogen-bond donors (Lipinski definition) is 2. The molecular formula is C13H20N2O. The van der Waals surface area contributed by atoms with Crippen molar-refractivity contribution in [1.82, 2.24) is 0 Å². The van der Waals surface area contributed by atoms with Gasteiger partial charge in [-0.1, -0.05) is 39.0 Å². The highest BCUT2D eigenvalue weighted by molar-refractivity contribution is 5.76. The summed E-state index contributed by atoms with van der Waals surface area (Å²) in [4.78, 5) is 10.9. The number of nitrogens with one attached hydrogen (secondary N) is 1. The van der Waals surface area contributed by atoms with Gasteiger partial charge in [-0.15, -0.1) is 0 Å². The molecule has 3 N–H and O–H groups in total. The fourth-order valence-electron chi connectivity index (χ4n) is 1.53. The number of para-hydroxylation sites is 1. The monoisotopic (exact) mass is 220 g/mol. The summed E-state index contributed by atoms with van der Waals surface area (Å²) in [5.74, 6) is 0.0438. The average Bonchev–Trinajstić information content (AvgIpc) is 2.25. The molecule has 0 radical (unpaired) electrons. The van der Waals surface area contributed by atoms with Crippen LogP contribution < -0.4 is 11.1 Å². The summed E-state index contributed by atoms with van der Waals surface area (Å²) in [6.45, 7) is 6.71. The number of benzene rings is 1. The Morgan fingerprint density at radius 3 is 2.50 bits per heavy atom. The molecule has 16 heavy (non-hydrogen) atoms. The van der Waals surface area contributed by atoms with Gasteiger partial charge in [0.15, 0.2) is 0 Å². The number of primary amides is 1. The van der Waals surface area contributed by atoms with Crippen LogP contribution in [0.4, 0.5) is 5.69 Å². The van der Waals surface area contributed by atoms with Crippen LogP contribution >= 0.6 is 0 Å². The van der Waals surface area contributed by atoms with Crippen molar-refractivity contribution in [2.24, 2.45) is 11.7 Å². The summed E-state index contributed by atoms with van der Waals surface area (Å²) in [5.41, 5.74) is 7.57. The first-order valence-electron chi connectivity index (χ1n) is 5.64. The molecule has 1 aromatic rings. The van der Waals surface area contributed by atoms with Gasteiger partial charge in [-0.25, -0.2) is 0 Å². The maximum absolute atomic E-state index is 10.9. The summed E-state index contributed by atoms with van der Waals surface area (Å²) in [5, 5.41) is 3.27. The fraction of sp³-hybridized carbons (Fsp3) is 0.462. The highest BCUT2D eigenvalue weighted by atomic mass is 16.1. The molecule has 0 aliphatic carbocycles. The molecule has 1 rings (SSSR count). The number of carbonyl (C=O) groups excluding carboxylic acids is 1. The number of anilines is 1. The zero-order valence-corrected chi connectivity index (χ0v) is 10.2. The molecule has 0 bridgehead atoms. The van der Waals surface area contributed by atoms with Crippen molar-refractivity contribution < 1.29 is 4.79 Å². The molecule has 0 fully saturated rings. The first kappa shape index (κ1) is 12.6. The Balaban J connectivity index is 2.70. The van der Waals surface area contributed by atoms with Crippen LogP contribution in [0.3, 0.4) is 0 Å². The van der Waals surface area contributed by atoms with Gasteiger partial charge in [0.2, 0.25) is 5.91 Å². The van der Waals surface area contributed by atoms with Gasteiger partial charge in [0, 0.05) is 12.2 Å². The van der Waals surface area contributed by atoms with E-state index < -0.39 is 0 Å². The van der Waals surface area contributed by atoms with E-state index in [4.69, 9.17) is 5.73 Å². The summed E-state index contributed by atoms with van der Waals surface area (Å²) < 4.78 is 0. The first-order valence-corrected chi connectivity index (χ1v) is 5.64. The van der Waals surface area contributed by atoms with Gasteiger partial charge in [0.25, 0.3) is 0 Å². The molecule has 0 aliphatic rings. The summed E-state index contributed by atoms with van der Waals surface area (Å²) >= 11 is 0. The minimum Gasteiger partial charge on any atom is -0.384 e. The third kappa shape index (κ3) is 3.26. The molecule has 88 valence electrons. The number of carbonyl (C=O) groups is 1. The van der Waals surface area contributed by atoms with E-state index >= 15 is 0 Å². The van der Waals surface area contributed by atoms with Crippen molar-refractivity contribution in [3.8, 4) is 0 Å². The highest BCUT2D eigenvalue weighted by Crippen LogP contribution is 2.23. The molecule has 0 saturated carbocycles. The second-order valence-corrected chi connectivity index (χ2v) is 4.43. The summed E-state index contributed by atoms with van der Waals surface area (Å²) in [6.07, 6.45) is 0. The van der Waals surface area contributed by atoms with Gasteiger partial charge >= 0.3 is 0 Å². The predicted molar refractivity (Wildman–Crippen MR) is 67.4 cm³/mol. The van der Waals surface area contributed by atoms with Gasteiger partial charge < -0.3 is 11.1 Å². The third-order valence-electron chi connectivity index (χ3n) is 2.67. The molecule has 0 aromatic heterocycles. The Bertz CT molecular complexity index is 361. The predicted octanol–water partition coefficient (Wildman–Crippen LogP) is 2.34. The maximum atomic E-state index is 10.9. The van der Waals surface area contributed by atoms with Gasteiger partial charge in [-0.05, 0) is 17.5 Å². The first-order chi connectivity index (χ1) is 7.52. The van der Waals surface area contributed by atoms with Crippen LogP contribution in [-0.4, -0.2) is 12.5 Å².